The van der Waals surface area contributed by atoms with Gasteiger partial charge in [0.05, 0.1) is 22.2 Å². The Labute approximate surface area is 187 Å². The standard InChI is InChI=1S/C23H32N6O3/c1-4-27-13-20(16(3)26-27)15(2)25-21(30)10-22-6-17-5-18(7-22)9-23(8-17,14-22)28-12-19(11-24-28)29(31)32/h11-13,15,17-18H,4-10,14H2,1-3H3,(H,25,30). The molecule has 3 unspecified atom stereocenters. The predicted octanol–water partition coefficient (Wildman–Crippen LogP) is 3.88. The summed E-state index contributed by atoms with van der Waals surface area (Å²) in [4.78, 5) is 24.0. The van der Waals surface area contributed by atoms with Crippen LogP contribution in [-0.2, 0) is 16.9 Å². The first-order chi connectivity index (χ1) is 15.2. The zero-order valence-corrected chi connectivity index (χ0v) is 19.1. The molecule has 0 aliphatic heterocycles. The molecule has 0 aromatic carbocycles. The molecule has 4 saturated carbocycles. The molecule has 4 aliphatic rings. The highest BCUT2D eigenvalue weighted by Gasteiger charge is 2.59. The zero-order valence-electron chi connectivity index (χ0n) is 19.1. The molecular formula is C23H32N6O3. The van der Waals surface area contributed by atoms with Gasteiger partial charge >= 0.3 is 5.69 Å². The lowest BCUT2D eigenvalue weighted by atomic mass is 9.46. The molecule has 32 heavy (non-hydrogen) atoms. The number of hydrogen-bond acceptors (Lipinski definition) is 5. The van der Waals surface area contributed by atoms with E-state index in [1.165, 1.54) is 12.6 Å². The van der Waals surface area contributed by atoms with Crippen LogP contribution in [0.1, 0.15) is 76.1 Å². The summed E-state index contributed by atoms with van der Waals surface area (Å²) in [5, 5.41) is 23.3. The third-order valence-electron chi connectivity index (χ3n) is 8.11. The Morgan fingerprint density at radius 2 is 2.03 bits per heavy atom. The van der Waals surface area contributed by atoms with Gasteiger partial charge in [0.15, 0.2) is 0 Å². The van der Waals surface area contributed by atoms with Crippen molar-refractivity contribution in [2.45, 2.75) is 83.8 Å². The molecule has 172 valence electrons. The van der Waals surface area contributed by atoms with Crippen molar-refractivity contribution in [1.29, 1.82) is 0 Å². The lowest BCUT2D eigenvalue weighted by Gasteiger charge is -2.61. The first-order valence-corrected chi connectivity index (χ1v) is 11.7. The van der Waals surface area contributed by atoms with Crippen LogP contribution in [0.5, 0.6) is 0 Å². The molecule has 2 aromatic heterocycles. The van der Waals surface area contributed by atoms with E-state index in [4.69, 9.17) is 0 Å². The lowest BCUT2D eigenvalue weighted by molar-refractivity contribution is -0.385. The highest BCUT2D eigenvalue weighted by molar-refractivity contribution is 5.77. The number of aromatic nitrogens is 4. The van der Waals surface area contributed by atoms with Gasteiger partial charge in [0, 0.05) is 24.7 Å². The maximum absolute atomic E-state index is 13.2. The molecule has 9 heteroatoms. The topological polar surface area (TPSA) is 108 Å². The van der Waals surface area contributed by atoms with Gasteiger partial charge in [-0.1, -0.05) is 0 Å². The van der Waals surface area contributed by atoms with E-state index in [0.29, 0.717) is 18.3 Å². The summed E-state index contributed by atoms with van der Waals surface area (Å²) in [6.45, 7) is 6.86. The van der Waals surface area contributed by atoms with Crippen LogP contribution in [0.15, 0.2) is 18.6 Å². The third-order valence-corrected chi connectivity index (χ3v) is 8.11. The van der Waals surface area contributed by atoms with E-state index in [1.54, 1.807) is 6.20 Å². The average Bonchev–Trinajstić information content (AvgIpc) is 3.33. The van der Waals surface area contributed by atoms with Gasteiger partial charge in [-0.3, -0.25) is 24.3 Å². The minimum atomic E-state index is -0.378. The Balaban J connectivity index is 1.33. The minimum absolute atomic E-state index is 0.0444. The Hall–Kier alpha value is -2.71. The highest BCUT2D eigenvalue weighted by Crippen LogP contribution is 2.65. The van der Waals surface area contributed by atoms with E-state index >= 15 is 0 Å². The Bertz CT molecular complexity index is 1040. The maximum atomic E-state index is 13.2. The van der Waals surface area contributed by atoms with E-state index in [-0.39, 0.29) is 33.5 Å². The molecule has 0 spiro atoms. The molecule has 2 heterocycles. The van der Waals surface area contributed by atoms with Gasteiger partial charge in [-0.25, -0.2) is 0 Å². The van der Waals surface area contributed by atoms with Crippen LogP contribution >= 0.6 is 0 Å². The molecule has 1 N–H and O–H groups in total. The molecule has 4 bridgehead atoms. The van der Waals surface area contributed by atoms with Crippen LogP contribution in [0.2, 0.25) is 0 Å². The normalized spacial score (nSPS) is 31.6. The molecule has 3 atom stereocenters. The monoisotopic (exact) mass is 440 g/mol. The van der Waals surface area contributed by atoms with Crippen molar-refractivity contribution in [2.75, 3.05) is 0 Å². The molecule has 6 rings (SSSR count). The fourth-order valence-electron chi connectivity index (χ4n) is 7.38. The number of nitrogens with one attached hydrogen (secondary N) is 1. The second-order valence-electron chi connectivity index (χ2n) is 10.6. The largest absolute Gasteiger partial charge is 0.349 e. The zero-order chi connectivity index (χ0) is 22.7. The van der Waals surface area contributed by atoms with Crippen molar-refractivity contribution in [3.05, 3.63) is 40.0 Å². The van der Waals surface area contributed by atoms with Crippen LogP contribution in [0.4, 0.5) is 5.69 Å². The lowest BCUT2D eigenvalue weighted by Crippen LogP contribution is -2.57. The molecule has 2 aromatic rings. The van der Waals surface area contributed by atoms with E-state index in [1.807, 2.05) is 29.4 Å². The van der Waals surface area contributed by atoms with Crippen molar-refractivity contribution in [1.82, 2.24) is 24.9 Å². The number of hydrogen-bond donors (Lipinski definition) is 1. The van der Waals surface area contributed by atoms with E-state index in [2.05, 4.69) is 22.4 Å². The minimum Gasteiger partial charge on any atom is -0.349 e. The molecule has 4 fully saturated rings. The van der Waals surface area contributed by atoms with Crippen LogP contribution in [-0.4, -0.2) is 30.4 Å². The van der Waals surface area contributed by atoms with Crippen LogP contribution in [0.3, 0.4) is 0 Å². The van der Waals surface area contributed by atoms with Crippen LogP contribution in [0, 0.1) is 34.3 Å². The number of carbonyl (C=O) groups is 1. The first kappa shape index (κ1) is 21.2. The Kier molecular flexibility index (Phi) is 4.90. The van der Waals surface area contributed by atoms with Crippen molar-refractivity contribution in [2.24, 2.45) is 17.3 Å². The molecule has 1 amide bonds. The summed E-state index contributed by atoms with van der Waals surface area (Å²) in [6, 6.07) is -0.0839. The van der Waals surface area contributed by atoms with Crippen molar-refractivity contribution < 1.29 is 9.72 Å². The van der Waals surface area contributed by atoms with Crippen LogP contribution in [0.25, 0.3) is 0 Å². The number of aryl methyl sites for hydroxylation is 2. The summed E-state index contributed by atoms with van der Waals surface area (Å²) >= 11 is 0. The van der Waals surface area contributed by atoms with Crippen molar-refractivity contribution in [3.8, 4) is 0 Å². The van der Waals surface area contributed by atoms with Gasteiger partial charge in [0.25, 0.3) is 0 Å². The highest BCUT2D eigenvalue weighted by atomic mass is 16.6. The van der Waals surface area contributed by atoms with Gasteiger partial charge in [0.2, 0.25) is 5.91 Å². The van der Waals surface area contributed by atoms with E-state index < -0.39 is 0 Å². The van der Waals surface area contributed by atoms with Crippen molar-refractivity contribution in [3.63, 3.8) is 0 Å². The number of nitro groups is 1. The molecule has 0 saturated heterocycles. The van der Waals surface area contributed by atoms with Crippen LogP contribution < -0.4 is 5.32 Å². The van der Waals surface area contributed by atoms with E-state index in [9.17, 15) is 14.9 Å². The fourth-order valence-corrected chi connectivity index (χ4v) is 7.38. The summed E-state index contributed by atoms with van der Waals surface area (Å²) in [6.07, 6.45) is 11.7. The van der Waals surface area contributed by atoms with Gasteiger partial charge in [-0.2, -0.15) is 10.2 Å². The summed E-state index contributed by atoms with van der Waals surface area (Å²) < 4.78 is 3.76. The van der Waals surface area contributed by atoms with E-state index in [0.717, 1.165) is 49.9 Å². The number of carbonyl (C=O) groups excluding carboxylic acids is 1. The number of rotatable bonds is 7. The molecule has 9 nitrogen and oxygen atoms in total. The van der Waals surface area contributed by atoms with Gasteiger partial charge in [-0.05, 0) is 76.5 Å². The first-order valence-electron chi connectivity index (χ1n) is 11.7. The summed E-state index contributed by atoms with van der Waals surface area (Å²) in [5.41, 5.74) is 1.82. The number of amides is 1. The Morgan fingerprint density at radius 1 is 1.31 bits per heavy atom. The third kappa shape index (κ3) is 3.51. The predicted molar refractivity (Wildman–Crippen MR) is 118 cm³/mol. The fraction of sp³-hybridized carbons (Fsp3) is 0.696. The Morgan fingerprint density at radius 3 is 2.62 bits per heavy atom. The molecule has 4 aliphatic carbocycles. The average molecular weight is 441 g/mol. The maximum Gasteiger partial charge on any atom is 0.307 e. The molecule has 0 radical (unpaired) electrons. The van der Waals surface area contributed by atoms with Crippen molar-refractivity contribution >= 4 is 11.6 Å². The summed E-state index contributed by atoms with van der Waals surface area (Å²) in [7, 11) is 0. The molecular weight excluding hydrogens is 408 g/mol. The second-order valence-corrected chi connectivity index (χ2v) is 10.6. The summed E-state index contributed by atoms with van der Waals surface area (Å²) in [5.74, 6) is 1.22. The second kappa shape index (κ2) is 7.42. The quantitative estimate of drug-likeness (QED) is 0.519. The smallest absolute Gasteiger partial charge is 0.307 e. The van der Waals surface area contributed by atoms with Gasteiger partial charge in [0.1, 0.15) is 12.4 Å². The van der Waals surface area contributed by atoms with Gasteiger partial charge in [-0.15, -0.1) is 0 Å². The number of nitrogens with zero attached hydrogens (tertiary/aromatic N) is 5. The van der Waals surface area contributed by atoms with Gasteiger partial charge < -0.3 is 5.32 Å². The SMILES string of the molecule is CCn1cc(C(C)NC(=O)CC23CC4CC(C2)CC(n2cc([N+](=O)[O-])cn2)(C4)C3)c(C)n1.